The summed E-state index contributed by atoms with van der Waals surface area (Å²) in [7, 11) is 1.38. The van der Waals surface area contributed by atoms with E-state index in [4.69, 9.17) is 14.2 Å². The molecule has 3 atom stereocenters. The summed E-state index contributed by atoms with van der Waals surface area (Å²) in [5.74, 6) is -0.0833. The largest absolute Gasteiger partial charge is 0.475 e. The number of methoxy groups -OCH3 is 1. The SMILES string of the molecule is COC(=O)CC/C=C\C[C@@H]1CO[C@H](C(C)(C)Oc2ccc(SC)cc2[N+](=O)[O-])O[C@@H]1c1cccnc1. The molecule has 0 bridgehead atoms. The number of nitro benzene ring substituents is 1. The summed E-state index contributed by atoms with van der Waals surface area (Å²) in [5, 5.41) is 11.6. The Balaban J connectivity index is 1.75. The van der Waals surface area contributed by atoms with Crippen molar-refractivity contribution in [3.63, 3.8) is 0 Å². The van der Waals surface area contributed by atoms with Crippen molar-refractivity contribution >= 4 is 23.4 Å². The number of rotatable bonds is 11. The zero-order chi connectivity index (χ0) is 26.1. The number of thioether (sulfide) groups is 1. The standard InChI is InChI=1S/C26H32N2O7S/c1-26(2,35-22-13-12-20(36-4)15-21(22)28(30)31)25-33-17-19(9-6-5-7-11-23(29)32-3)24(34-25)18-10-8-14-27-16-18/h5-6,8,10,12-16,19,24-25H,7,9,11,17H2,1-4H3/b6-5-/t19-,24-,25+/m1/s1. The van der Waals surface area contributed by atoms with E-state index in [2.05, 4.69) is 9.72 Å². The molecule has 1 aliphatic heterocycles. The number of esters is 1. The van der Waals surface area contributed by atoms with Crippen molar-refractivity contribution in [2.45, 2.75) is 56.0 Å². The van der Waals surface area contributed by atoms with Crippen LogP contribution in [0.3, 0.4) is 0 Å². The average molecular weight is 517 g/mol. The van der Waals surface area contributed by atoms with Gasteiger partial charge in [0.05, 0.1) is 24.7 Å². The molecule has 194 valence electrons. The normalized spacial score (nSPS) is 20.3. The predicted octanol–water partition coefficient (Wildman–Crippen LogP) is 5.50. The van der Waals surface area contributed by atoms with E-state index in [9.17, 15) is 14.9 Å². The third-order valence-electron chi connectivity index (χ3n) is 5.82. The van der Waals surface area contributed by atoms with Crippen LogP contribution in [0.1, 0.15) is 44.8 Å². The second kappa shape index (κ2) is 12.8. The molecule has 0 radical (unpaired) electrons. The van der Waals surface area contributed by atoms with Gasteiger partial charge in [0.1, 0.15) is 0 Å². The Labute approximate surface area is 215 Å². The van der Waals surface area contributed by atoms with Gasteiger partial charge in [-0.15, -0.1) is 11.8 Å². The van der Waals surface area contributed by atoms with Crippen LogP contribution in [-0.4, -0.2) is 47.7 Å². The van der Waals surface area contributed by atoms with E-state index in [-0.39, 0.29) is 29.4 Å². The number of carbonyl (C=O) groups excluding carboxylic acids is 1. The molecule has 2 aromatic rings. The van der Waals surface area contributed by atoms with Gasteiger partial charge < -0.3 is 18.9 Å². The number of benzene rings is 1. The maximum atomic E-state index is 11.6. The van der Waals surface area contributed by atoms with Gasteiger partial charge in [0, 0.05) is 35.7 Å². The third kappa shape index (κ3) is 7.28. The predicted molar refractivity (Wildman–Crippen MR) is 136 cm³/mol. The fourth-order valence-corrected chi connectivity index (χ4v) is 4.34. The lowest BCUT2D eigenvalue weighted by molar-refractivity contribution is -0.387. The number of carbonyl (C=O) groups is 1. The Bertz CT molecular complexity index is 1060. The molecule has 1 fully saturated rings. The highest BCUT2D eigenvalue weighted by molar-refractivity contribution is 7.98. The van der Waals surface area contributed by atoms with Crippen molar-refractivity contribution in [1.82, 2.24) is 4.98 Å². The van der Waals surface area contributed by atoms with Crippen LogP contribution in [0, 0.1) is 16.0 Å². The molecule has 0 unspecified atom stereocenters. The maximum absolute atomic E-state index is 11.6. The fraction of sp³-hybridized carbons (Fsp3) is 0.462. The molecule has 0 aliphatic carbocycles. The van der Waals surface area contributed by atoms with Crippen LogP contribution in [0.4, 0.5) is 5.69 Å². The molecule has 0 N–H and O–H groups in total. The molecule has 2 heterocycles. The Morgan fingerprint density at radius 1 is 1.33 bits per heavy atom. The summed E-state index contributed by atoms with van der Waals surface area (Å²) in [5.41, 5.74) is -0.220. The molecule has 1 aliphatic rings. The minimum absolute atomic E-state index is 0.00539. The molecule has 1 aromatic carbocycles. The number of pyridine rings is 1. The molecular weight excluding hydrogens is 484 g/mol. The van der Waals surface area contributed by atoms with Crippen molar-refractivity contribution in [3.8, 4) is 5.75 Å². The minimum Gasteiger partial charge on any atom is -0.475 e. The zero-order valence-electron chi connectivity index (χ0n) is 20.9. The van der Waals surface area contributed by atoms with Crippen molar-refractivity contribution in [3.05, 3.63) is 70.6 Å². The highest BCUT2D eigenvalue weighted by Gasteiger charge is 2.43. The van der Waals surface area contributed by atoms with Crippen molar-refractivity contribution in [1.29, 1.82) is 0 Å². The van der Waals surface area contributed by atoms with Crippen LogP contribution in [-0.2, 0) is 19.0 Å². The van der Waals surface area contributed by atoms with E-state index < -0.39 is 16.8 Å². The summed E-state index contributed by atoms with van der Waals surface area (Å²) >= 11 is 1.42. The molecule has 9 nitrogen and oxygen atoms in total. The highest BCUT2D eigenvalue weighted by atomic mass is 32.2. The Kier molecular flexibility index (Phi) is 9.86. The van der Waals surface area contributed by atoms with E-state index in [1.165, 1.54) is 24.9 Å². The Morgan fingerprint density at radius 2 is 2.14 bits per heavy atom. The number of allylic oxidation sites excluding steroid dienone is 2. The summed E-state index contributed by atoms with van der Waals surface area (Å²) < 4.78 is 23.3. The number of hydrogen-bond donors (Lipinski definition) is 0. The van der Waals surface area contributed by atoms with Gasteiger partial charge in [0.2, 0.25) is 0 Å². The molecule has 36 heavy (non-hydrogen) atoms. The second-order valence-corrected chi connectivity index (χ2v) is 9.77. The van der Waals surface area contributed by atoms with Gasteiger partial charge in [-0.1, -0.05) is 18.2 Å². The van der Waals surface area contributed by atoms with Gasteiger partial charge in [-0.3, -0.25) is 19.9 Å². The van der Waals surface area contributed by atoms with Crippen LogP contribution in [0.2, 0.25) is 0 Å². The number of nitrogens with zero attached hydrogens (tertiary/aromatic N) is 2. The molecular formula is C26H32N2O7S. The number of nitro groups is 1. The molecule has 0 spiro atoms. The van der Waals surface area contributed by atoms with Crippen molar-refractivity contribution in [2.24, 2.45) is 5.92 Å². The van der Waals surface area contributed by atoms with Crippen LogP contribution in [0.5, 0.6) is 5.75 Å². The topological polar surface area (TPSA) is 110 Å². The Hall–Kier alpha value is -2.95. The molecule has 1 saturated heterocycles. The minimum atomic E-state index is -1.02. The maximum Gasteiger partial charge on any atom is 0.312 e. The number of ether oxygens (including phenoxy) is 4. The van der Waals surface area contributed by atoms with E-state index in [0.717, 1.165) is 10.5 Å². The lowest BCUT2D eigenvalue weighted by Crippen LogP contribution is -2.50. The Morgan fingerprint density at radius 3 is 2.81 bits per heavy atom. The van der Waals surface area contributed by atoms with Crippen LogP contribution in [0.15, 0.2) is 59.8 Å². The highest BCUT2D eigenvalue weighted by Crippen LogP contribution is 2.40. The average Bonchev–Trinajstić information content (AvgIpc) is 2.88. The first-order chi connectivity index (χ1) is 17.2. The fourth-order valence-electron chi connectivity index (χ4n) is 3.91. The molecule has 0 amide bonds. The molecule has 10 heteroatoms. The monoisotopic (exact) mass is 516 g/mol. The van der Waals surface area contributed by atoms with E-state index >= 15 is 0 Å². The summed E-state index contributed by atoms with van der Waals surface area (Å²) in [6.07, 6.45) is 9.79. The first-order valence-corrected chi connectivity index (χ1v) is 12.9. The van der Waals surface area contributed by atoms with Gasteiger partial charge in [0.25, 0.3) is 0 Å². The van der Waals surface area contributed by atoms with Crippen LogP contribution in [0.25, 0.3) is 0 Å². The lowest BCUT2D eigenvalue weighted by Gasteiger charge is -2.42. The smallest absolute Gasteiger partial charge is 0.312 e. The van der Waals surface area contributed by atoms with Gasteiger partial charge in [-0.2, -0.15) is 0 Å². The number of hydrogen-bond acceptors (Lipinski definition) is 9. The van der Waals surface area contributed by atoms with Crippen molar-refractivity contribution < 1.29 is 28.7 Å². The van der Waals surface area contributed by atoms with E-state index in [1.807, 2.05) is 30.5 Å². The first kappa shape index (κ1) is 27.6. The van der Waals surface area contributed by atoms with E-state index in [1.54, 1.807) is 38.4 Å². The summed E-state index contributed by atoms with van der Waals surface area (Å²) in [6.45, 7) is 3.97. The van der Waals surface area contributed by atoms with Crippen LogP contribution < -0.4 is 4.74 Å². The summed E-state index contributed by atoms with van der Waals surface area (Å²) in [6, 6.07) is 8.69. The van der Waals surface area contributed by atoms with E-state index in [0.29, 0.717) is 25.9 Å². The van der Waals surface area contributed by atoms with Crippen molar-refractivity contribution in [2.75, 3.05) is 20.0 Å². The lowest BCUT2D eigenvalue weighted by atomic mass is 9.92. The molecule has 0 saturated carbocycles. The molecule has 3 rings (SSSR count). The zero-order valence-corrected chi connectivity index (χ0v) is 21.7. The number of aromatic nitrogens is 1. The molecule has 1 aromatic heterocycles. The van der Waals surface area contributed by atoms with Gasteiger partial charge in [-0.05, 0) is 56.7 Å². The third-order valence-corrected chi connectivity index (χ3v) is 6.55. The van der Waals surface area contributed by atoms with Crippen LogP contribution >= 0.6 is 11.8 Å². The second-order valence-electron chi connectivity index (χ2n) is 8.89. The first-order valence-electron chi connectivity index (χ1n) is 11.7. The van der Waals surface area contributed by atoms with Gasteiger partial charge in [-0.25, -0.2) is 0 Å². The van der Waals surface area contributed by atoms with Gasteiger partial charge in [0.15, 0.2) is 17.6 Å². The quantitative estimate of drug-likeness (QED) is 0.126. The summed E-state index contributed by atoms with van der Waals surface area (Å²) in [4.78, 5) is 27.5. The van der Waals surface area contributed by atoms with Gasteiger partial charge >= 0.3 is 11.7 Å².